The molecule has 0 aromatic heterocycles. The molecule has 0 amide bonds. The molecule has 1 aromatic carbocycles. The maximum atomic E-state index is 11.2. The molecule has 0 bridgehead atoms. The minimum Gasteiger partial charge on any atom is -0.497 e. The quantitative estimate of drug-likeness (QED) is 0.794. The largest absolute Gasteiger partial charge is 0.497 e. The highest BCUT2D eigenvalue weighted by atomic mass is 79.9. The van der Waals surface area contributed by atoms with E-state index in [1.807, 2.05) is 12.1 Å². The third kappa shape index (κ3) is 2.95. The summed E-state index contributed by atoms with van der Waals surface area (Å²) in [6.07, 6.45) is 0. The van der Waals surface area contributed by atoms with Crippen molar-refractivity contribution in [2.75, 3.05) is 7.11 Å². The molecule has 0 N–H and O–H groups in total. The number of carbonyl (C=O) groups is 1. The van der Waals surface area contributed by atoms with Gasteiger partial charge in [0.2, 0.25) is 0 Å². The first kappa shape index (κ1) is 12.5. The number of carbonyl (C=O) groups excluding carboxylic acids is 1. The highest BCUT2D eigenvalue weighted by Crippen LogP contribution is 2.29. The van der Waals surface area contributed by atoms with E-state index >= 15 is 0 Å². The number of rotatable bonds is 4. The molecule has 82 valence electrons. The van der Waals surface area contributed by atoms with Crippen molar-refractivity contribution in [1.82, 2.24) is 0 Å². The molecule has 0 aliphatic carbocycles. The van der Waals surface area contributed by atoms with Gasteiger partial charge in [-0.1, -0.05) is 22.0 Å². The monoisotopic (exact) mass is 290 g/mol. The normalized spacial score (nSPS) is 12.3. The summed E-state index contributed by atoms with van der Waals surface area (Å²) in [6.45, 7) is 1.49. The van der Waals surface area contributed by atoms with Gasteiger partial charge in [0.15, 0.2) is 5.78 Å². The Morgan fingerprint density at radius 2 is 2.27 bits per heavy atom. The minimum absolute atomic E-state index is 0.0518. The van der Waals surface area contributed by atoms with E-state index in [0.717, 1.165) is 16.9 Å². The zero-order chi connectivity index (χ0) is 11.4. The fourth-order valence-corrected chi connectivity index (χ4v) is 1.99. The molecule has 0 aliphatic heterocycles. The van der Waals surface area contributed by atoms with Gasteiger partial charge in [-0.3, -0.25) is 4.79 Å². The average molecular weight is 292 g/mol. The number of hydrogen-bond acceptors (Lipinski definition) is 2. The van der Waals surface area contributed by atoms with Gasteiger partial charge in [0.25, 0.3) is 0 Å². The zero-order valence-corrected chi connectivity index (χ0v) is 10.9. The lowest BCUT2D eigenvalue weighted by molar-refractivity contribution is -0.116. The average Bonchev–Trinajstić information content (AvgIpc) is 2.27. The van der Waals surface area contributed by atoms with Crippen LogP contribution < -0.4 is 4.74 Å². The lowest BCUT2D eigenvalue weighted by atomic mass is 10.0. The summed E-state index contributed by atoms with van der Waals surface area (Å²) in [5.41, 5.74) is 1.81. The van der Waals surface area contributed by atoms with Crippen molar-refractivity contribution in [3.8, 4) is 5.75 Å². The van der Waals surface area contributed by atoms with Crippen LogP contribution in [0.2, 0.25) is 0 Å². The molecule has 0 spiro atoms. The summed E-state index contributed by atoms with van der Waals surface area (Å²) < 4.78 is 5.10. The van der Waals surface area contributed by atoms with Gasteiger partial charge in [-0.2, -0.15) is 0 Å². The number of ketones is 1. The van der Waals surface area contributed by atoms with Crippen molar-refractivity contribution in [1.29, 1.82) is 0 Å². The van der Waals surface area contributed by atoms with Crippen LogP contribution in [-0.2, 0) is 10.1 Å². The Morgan fingerprint density at radius 1 is 1.60 bits per heavy atom. The van der Waals surface area contributed by atoms with Crippen molar-refractivity contribution >= 4 is 33.3 Å². The van der Waals surface area contributed by atoms with Gasteiger partial charge in [0, 0.05) is 5.33 Å². The Bertz CT molecular complexity index is 366. The Labute approximate surface area is 103 Å². The summed E-state index contributed by atoms with van der Waals surface area (Å²) in [5.74, 6) is 0.713. The fraction of sp³-hybridized carbons (Fsp3) is 0.364. The Hall–Kier alpha value is -0.540. The molecule has 0 radical (unpaired) electrons. The number of alkyl halides is 2. The number of Topliss-reactive ketones (excluding diaryl/α,β-unsaturated/α-hetero) is 1. The summed E-state index contributed by atoms with van der Waals surface area (Å²) >= 11 is 9.37. The van der Waals surface area contributed by atoms with E-state index in [1.54, 1.807) is 13.2 Å². The zero-order valence-electron chi connectivity index (χ0n) is 8.59. The van der Waals surface area contributed by atoms with Crippen LogP contribution in [-0.4, -0.2) is 12.9 Å². The number of ether oxygens (including phenoxy) is 1. The molecule has 0 saturated carbocycles. The van der Waals surface area contributed by atoms with Gasteiger partial charge >= 0.3 is 0 Å². The van der Waals surface area contributed by atoms with Crippen LogP contribution in [0.3, 0.4) is 0 Å². The molecule has 2 nitrogen and oxygen atoms in total. The van der Waals surface area contributed by atoms with Crippen molar-refractivity contribution < 1.29 is 9.53 Å². The van der Waals surface area contributed by atoms with Crippen molar-refractivity contribution in [3.63, 3.8) is 0 Å². The molecular weight excluding hydrogens is 279 g/mol. The van der Waals surface area contributed by atoms with Gasteiger partial charge in [0.05, 0.1) is 7.11 Å². The first-order valence-corrected chi connectivity index (χ1v) is 6.03. The number of hydrogen-bond donors (Lipinski definition) is 0. The number of methoxy groups -OCH3 is 1. The van der Waals surface area contributed by atoms with E-state index in [2.05, 4.69) is 15.9 Å². The third-order valence-corrected chi connectivity index (χ3v) is 3.27. The van der Waals surface area contributed by atoms with Crippen molar-refractivity contribution in [3.05, 3.63) is 29.3 Å². The minimum atomic E-state index is -0.580. The van der Waals surface area contributed by atoms with Gasteiger partial charge in [-0.25, -0.2) is 0 Å². The van der Waals surface area contributed by atoms with E-state index in [-0.39, 0.29) is 5.78 Å². The maximum absolute atomic E-state index is 11.2. The van der Waals surface area contributed by atoms with Crippen LogP contribution in [0.1, 0.15) is 23.4 Å². The van der Waals surface area contributed by atoms with Gasteiger partial charge < -0.3 is 4.74 Å². The van der Waals surface area contributed by atoms with Crippen LogP contribution in [0.5, 0.6) is 5.75 Å². The van der Waals surface area contributed by atoms with Crippen molar-refractivity contribution in [2.24, 2.45) is 0 Å². The van der Waals surface area contributed by atoms with Crippen LogP contribution in [0.15, 0.2) is 18.2 Å². The lowest BCUT2D eigenvalue weighted by Gasteiger charge is -2.12. The molecule has 0 heterocycles. The highest BCUT2D eigenvalue weighted by Gasteiger charge is 2.16. The summed E-state index contributed by atoms with van der Waals surface area (Å²) in [6, 6.07) is 5.51. The maximum Gasteiger partial charge on any atom is 0.152 e. The molecule has 1 aromatic rings. The SMILES string of the molecule is COc1ccc(C(Cl)C(C)=O)c(CBr)c1. The molecule has 0 saturated heterocycles. The van der Waals surface area contributed by atoms with E-state index in [0.29, 0.717) is 5.33 Å². The first-order chi connectivity index (χ1) is 7.10. The van der Waals surface area contributed by atoms with E-state index < -0.39 is 5.38 Å². The fourth-order valence-electron chi connectivity index (χ4n) is 1.29. The van der Waals surface area contributed by atoms with E-state index in [9.17, 15) is 4.79 Å². The second-order valence-corrected chi connectivity index (χ2v) is 4.17. The first-order valence-electron chi connectivity index (χ1n) is 4.47. The highest BCUT2D eigenvalue weighted by molar-refractivity contribution is 9.08. The van der Waals surface area contributed by atoms with Gasteiger partial charge in [0.1, 0.15) is 11.1 Å². The standard InChI is InChI=1S/C11H12BrClO2/c1-7(14)11(13)10-4-3-9(15-2)5-8(10)6-12/h3-5,11H,6H2,1-2H3. The Balaban J connectivity index is 3.12. The van der Waals surface area contributed by atoms with Gasteiger partial charge in [-0.05, 0) is 30.2 Å². The van der Waals surface area contributed by atoms with Gasteiger partial charge in [-0.15, -0.1) is 11.6 Å². The second kappa shape index (κ2) is 5.52. The van der Waals surface area contributed by atoms with Crippen LogP contribution >= 0.6 is 27.5 Å². The molecule has 0 aliphatic rings. The predicted octanol–water partition coefficient (Wildman–Crippen LogP) is 3.46. The summed E-state index contributed by atoms with van der Waals surface area (Å²) in [5, 5.41) is 0.0687. The number of halogens is 2. The van der Waals surface area contributed by atoms with E-state index in [4.69, 9.17) is 16.3 Å². The Morgan fingerprint density at radius 3 is 2.73 bits per heavy atom. The lowest BCUT2D eigenvalue weighted by Crippen LogP contribution is -2.04. The smallest absolute Gasteiger partial charge is 0.152 e. The van der Waals surface area contributed by atoms with Crippen LogP contribution in [0, 0.1) is 0 Å². The predicted molar refractivity (Wildman–Crippen MR) is 64.9 cm³/mol. The number of benzene rings is 1. The molecular formula is C11H12BrClO2. The third-order valence-electron chi connectivity index (χ3n) is 2.12. The summed E-state index contributed by atoms with van der Waals surface area (Å²) in [4.78, 5) is 11.2. The second-order valence-electron chi connectivity index (χ2n) is 3.17. The molecule has 4 heteroatoms. The van der Waals surface area contributed by atoms with Crippen LogP contribution in [0.25, 0.3) is 0 Å². The molecule has 15 heavy (non-hydrogen) atoms. The molecule has 1 rings (SSSR count). The Kier molecular flexibility index (Phi) is 4.61. The summed E-state index contributed by atoms with van der Waals surface area (Å²) in [7, 11) is 1.61. The van der Waals surface area contributed by atoms with Crippen molar-refractivity contribution in [2.45, 2.75) is 17.6 Å². The topological polar surface area (TPSA) is 26.3 Å². The van der Waals surface area contributed by atoms with Crippen LogP contribution in [0.4, 0.5) is 0 Å². The molecule has 1 atom stereocenters. The molecule has 1 unspecified atom stereocenters. The van der Waals surface area contributed by atoms with E-state index in [1.165, 1.54) is 6.92 Å². The molecule has 0 fully saturated rings.